The second kappa shape index (κ2) is 6.06. The number of rotatable bonds is 6. The van der Waals surface area contributed by atoms with E-state index in [4.69, 9.17) is 4.74 Å². The van der Waals surface area contributed by atoms with Crippen molar-refractivity contribution in [2.24, 2.45) is 0 Å². The van der Waals surface area contributed by atoms with Crippen molar-refractivity contribution in [3.8, 4) is 5.75 Å². The number of anilines is 1. The molecule has 0 amide bonds. The number of para-hydroxylation sites is 1. The minimum atomic E-state index is 0.680. The first-order chi connectivity index (χ1) is 9.93. The summed E-state index contributed by atoms with van der Waals surface area (Å²) in [6, 6.07) is 11.8. The van der Waals surface area contributed by atoms with Crippen LogP contribution in [0.3, 0.4) is 0 Å². The first-order valence-corrected chi connectivity index (χ1v) is 6.63. The Morgan fingerprint density at radius 3 is 2.90 bits per heavy atom. The van der Waals surface area contributed by atoms with E-state index in [1.165, 1.54) is 0 Å². The third-order valence-electron chi connectivity index (χ3n) is 2.95. The minimum absolute atomic E-state index is 0.680. The number of nitrogens with one attached hydrogen (secondary N) is 1. The molecule has 0 unspecified atom stereocenters. The average Bonchev–Trinajstić information content (AvgIpc) is 2.97. The van der Waals surface area contributed by atoms with E-state index in [-0.39, 0.29) is 0 Å². The van der Waals surface area contributed by atoms with Gasteiger partial charge in [-0.2, -0.15) is 5.10 Å². The van der Waals surface area contributed by atoms with E-state index in [0.717, 1.165) is 30.0 Å². The molecule has 5 nitrogen and oxygen atoms in total. The molecule has 1 aromatic carbocycles. The van der Waals surface area contributed by atoms with Crippen LogP contribution in [0.1, 0.15) is 6.42 Å². The van der Waals surface area contributed by atoms with Gasteiger partial charge in [-0.1, -0.05) is 18.2 Å². The highest BCUT2D eigenvalue weighted by atomic mass is 16.5. The van der Waals surface area contributed by atoms with Crippen molar-refractivity contribution in [1.29, 1.82) is 0 Å². The van der Waals surface area contributed by atoms with Crippen LogP contribution in [0, 0.1) is 0 Å². The number of fused-ring (bicyclic) bond motifs is 1. The Bertz CT molecular complexity index is 666. The largest absolute Gasteiger partial charge is 0.494 e. The Labute approximate surface area is 117 Å². The fourth-order valence-electron chi connectivity index (χ4n) is 1.98. The van der Waals surface area contributed by atoms with Crippen molar-refractivity contribution in [2.75, 3.05) is 18.5 Å². The zero-order valence-corrected chi connectivity index (χ0v) is 11.1. The third-order valence-corrected chi connectivity index (χ3v) is 2.95. The summed E-state index contributed by atoms with van der Waals surface area (Å²) in [6.45, 7) is 1.49. The van der Waals surface area contributed by atoms with Crippen molar-refractivity contribution >= 4 is 11.3 Å². The molecule has 0 aliphatic rings. The molecule has 0 aliphatic heterocycles. The number of aromatic nitrogens is 3. The van der Waals surface area contributed by atoms with Gasteiger partial charge in [0.25, 0.3) is 0 Å². The van der Waals surface area contributed by atoms with E-state index < -0.39 is 0 Å². The number of nitrogens with zero attached hydrogens (tertiary/aromatic N) is 3. The minimum Gasteiger partial charge on any atom is -0.494 e. The summed E-state index contributed by atoms with van der Waals surface area (Å²) in [7, 11) is 0. The van der Waals surface area contributed by atoms with Gasteiger partial charge >= 0.3 is 0 Å². The van der Waals surface area contributed by atoms with Crippen molar-refractivity contribution in [3.05, 3.63) is 55.0 Å². The Morgan fingerprint density at radius 1 is 1.10 bits per heavy atom. The lowest BCUT2D eigenvalue weighted by molar-refractivity contribution is 0.315. The summed E-state index contributed by atoms with van der Waals surface area (Å²) >= 11 is 0. The standard InChI is InChI=1S/C15H16N4O/c1-2-5-13(6-3-1)20-12-4-8-16-15-14-7-9-18-19(14)11-10-17-15/h1-3,5-7,9-11H,4,8,12H2,(H,16,17). The van der Waals surface area contributed by atoms with Crippen LogP contribution in [-0.4, -0.2) is 27.7 Å². The quantitative estimate of drug-likeness (QED) is 0.698. The zero-order valence-electron chi connectivity index (χ0n) is 11.1. The smallest absolute Gasteiger partial charge is 0.152 e. The molecule has 0 aliphatic carbocycles. The highest BCUT2D eigenvalue weighted by Gasteiger charge is 2.01. The number of hydrogen-bond acceptors (Lipinski definition) is 4. The second-order valence-electron chi connectivity index (χ2n) is 4.38. The maximum atomic E-state index is 5.64. The van der Waals surface area contributed by atoms with Crippen LogP contribution < -0.4 is 10.1 Å². The number of benzene rings is 1. The van der Waals surface area contributed by atoms with Gasteiger partial charge in [-0.15, -0.1) is 0 Å². The van der Waals surface area contributed by atoms with Gasteiger partial charge in [-0.3, -0.25) is 0 Å². The molecule has 0 saturated carbocycles. The normalized spacial score (nSPS) is 10.6. The summed E-state index contributed by atoms with van der Waals surface area (Å²) in [5.41, 5.74) is 0.983. The van der Waals surface area contributed by atoms with Crippen molar-refractivity contribution in [2.45, 2.75) is 6.42 Å². The van der Waals surface area contributed by atoms with Crippen molar-refractivity contribution in [3.63, 3.8) is 0 Å². The molecule has 20 heavy (non-hydrogen) atoms. The topological polar surface area (TPSA) is 51.5 Å². The van der Waals surface area contributed by atoms with Gasteiger partial charge < -0.3 is 10.1 Å². The third kappa shape index (κ3) is 2.88. The van der Waals surface area contributed by atoms with Gasteiger partial charge in [0.2, 0.25) is 0 Å². The van der Waals surface area contributed by atoms with E-state index >= 15 is 0 Å². The van der Waals surface area contributed by atoms with Gasteiger partial charge in [0, 0.05) is 18.9 Å². The predicted octanol–water partition coefficient (Wildman–Crippen LogP) is 2.61. The Balaban J connectivity index is 1.47. The molecule has 0 saturated heterocycles. The highest BCUT2D eigenvalue weighted by molar-refractivity contribution is 5.66. The summed E-state index contributed by atoms with van der Waals surface area (Å²) in [4.78, 5) is 4.32. The zero-order chi connectivity index (χ0) is 13.6. The van der Waals surface area contributed by atoms with Crippen molar-refractivity contribution < 1.29 is 4.74 Å². The average molecular weight is 268 g/mol. The van der Waals surface area contributed by atoms with Crippen molar-refractivity contribution in [1.82, 2.24) is 14.6 Å². The van der Waals surface area contributed by atoms with Crippen LogP contribution >= 0.6 is 0 Å². The molecule has 2 aromatic heterocycles. The van der Waals surface area contributed by atoms with Crippen LogP contribution in [0.25, 0.3) is 5.52 Å². The van der Waals surface area contributed by atoms with Gasteiger partial charge in [0.1, 0.15) is 11.3 Å². The van der Waals surface area contributed by atoms with Crippen LogP contribution in [-0.2, 0) is 0 Å². The van der Waals surface area contributed by atoms with Gasteiger partial charge in [0.05, 0.1) is 12.8 Å². The highest BCUT2D eigenvalue weighted by Crippen LogP contribution is 2.12. The fourth-order valence-corrected chi connectivity index (χ4v) is 1.98. The molecule has 3 rings (SSSR count). The first kappa shape index (κ1) is 12.5. The molecule has 1 N–H and O–H groups in total. The Kier molecular flexibility index (Phi) is 3.78. The molecule has 0 bridgehead atoms. The van der Waals surface area contributed by atoms with Gasteiger partial charge in [-0.05, 0) is 24.6 Å². The van der Waals surface area contributed by atoms with Crippen LogP contribution in [0.2, 0.25) is 0 Å². The number of hydrogen-bond donors (Lipinski definition) is 1. The van der Waals surface area contributed by atoms with Crippen LogP contribution in [0.5, 0.6) is 5.75 Å². The van der Waals surface area contributed by atoms with Crippen LogP contribution in [0.15, 0.2) is 55.0 Å². The molecule has 2 heterocycles. The molecular formula is C15H16N4O. The fraction of sp³-hybridized carbons (Fsp3) is 0.200. The number of ether oxygens (including phenoxy) is 1. The van der Waals surface area contributed by atoms with Crippen LogP contribution in [0.4, 0.5) is 5.82 Å². The van der Waals surface area contributed by atoms with Gasteiger partial charge in [-0.25, -0.2) is 9.50 Å². The SMILES string of the molecule is c1ccc(OCCCNc2nccn3nccc23)cc1. The lowest BCUT2D eigenvalue weighted by atomic mass is 10.3. The second-order valence-corrected chi connectivity index (χ2v) is 4.38. The summed E-state index contributed by atoms with van der Waals surface area (Å²) < 4.78 is 7.44. The molecule has 0 radical (unpaired) electrons. The molecule has 102 valence electrons. The molecular weight excluding hydrogens is 252 g/mol. The molecule has 0 fully saturated rings. The molecule has 0 spiro atoms. The van der Waals surface area contributed by atoms with E-state index in [2.05, 4.69) is 15.4 Å². The van der Waals surface area contributed by atoms with Gasteiger partial charge in [0.15, 0.2) is 5.82 Å². The summed E-state index contributed by atoms with van der Waals surface area (Å²) in [5, 5.41) is 7.48. The van der Waals surface area contributed by atoms with E-state index in [9.17, 15) is 0 Å². The van der Waals surface area contributed by atoms with E-state index in [1.807, 2.05) is 42.6 Å². The molecule has 0 atom stereocenters. The van der Waals surface area contributed by atoms with E-state index in [0.29, 0.717) is 6.61 Å². The lowest BCUT2D eigenvalue weighted by Crippen LogP contribution is -2.09. The molecule has 3 aromatic rings. The maximum absolute atomic E-state index is 5.64. The summed E-state index contributed by atoms with van der Waals surface area (Å²) in [5.74, 6) is 1.76. The van der Waals surface area contributed by atoms with E-state index in [1.54, 1.807) is 16.9 Å². The maximum Gasteiger partial charge on any atom is 0.152 e. The first-order valence-electron chi connectivity index (χ1n) is 6.63. The monoisotopic (exact) mass is 268 g/mol. The summed E-state index contributed by atoms with van der Waals surface area (Å²) in [6.07, 6.45) is 6.24. The lowest BCUT2D eigenvalue weighted by Gasteiger charge is -2.08. The predicted molar refractivity (Wildman–Crippen MR) is 78.0 cm³/mol. The Morgan fingerprint density at radius 2 is 2.00 bits per heavy atom. The Hall–Kier alpha value is -2.56. The molecule has 5 heteroatoms.